The molecule has 9 nitrogen and oxygen atoms in total. The number of nitrogens with one attached hydrogen (secondary N) is 2. The molecule has 0 spiro atoms. The summed E-state index contributed by atoms with van der Waals surface area (Å²) in [6.07, 6.45) is 1.05. The molecule has 1 unspecified atom stereocenters. The Hall–Kier alpha value is -3.31. The minimum absolute atomic E-state index is 0.0466. The highest BCUT2D eigenvalue weighted by Gasteiger charge is 2.35. The lowest BCUT2D eigenvalue weighted by Gasteiger charge is -2.43. The average Bonchev–Trinajstić information content (AvgIpc) is 2.79. The molecule has 0 radical (unpaired) electrons. The molecule has 4 heterocycles. The maximum atomic E-state index is 12.8. The summed E-state index contributed by atoms with van der Waals surface area (Å²) >= 11 is 5.67. The van der Waals surface area contributed by atoms with E-state index in [2.05, 4.69) is 24.9 Å². The fraction of sp³-hybridized carbons (Fsp3) is 0.333. The number of hydrogen-bond acceptors (Lipinski definition) is 6. The highest BCUT2D eigenvalue weighted by atomic mass is 32.2. The summed E-state index contributed by atoms with van der Waals surface area (Å²) in [5, 5.41) is 3.82. The van der Waals surface area contributed by atoms with Crippen molar-refractivity contribution < 1.29 is 8.42 Å². The highest BCUT2D eigenvalue weighted by molar-refractivity contribution is 7.92. The quantitative estimate of drug-likeness (QED) is 0.516. The van der Waals surface area contributed by atoms with Gasteiger partial charge in [0.2, 0.25) is 5.95 Å². The molecule has 2 aliphatic rings. The van der Waals surface area contributed by atoms with Crippen LogP contribution in [0.5, 0.6) is 0 Å². The zero-order valence-corrected chi connectivity index (χ0v) is 21.1. The van der Waals surface area contributed by atoms with Crippen molar-refractivity contribution in [3.8, 4) is 0 Å². The van der Waals surface area contributed by atoms with Crippen molar-refractivity contribution in [2.24, 2.45) is 5.92 Å². The number of fused-ring (bicyclic) bond motifs is 4. The van der Waals surface area contributed by atoms with Crippen LogP contribution in [0.1, 0.15) is 29.4 Å². The number of anilines is 2. The van der Waals surface area contributed by atoms with E-state index in [-0.39, 0.29) is 22.3 Å². The van der Waals surface area contributed by atoms with Gasteiger partial charge < -0.3 is 14.8 Å². The van der Waals surface area contributed by atoms with Gasteiger partial charge in [0, 0.05) is 54.4 Å². The number of sulfonamides is 1. The van der Waals surface area contributed by atoms with E-state index in [0.29, 0.717) is 34.7 Å². The number of aryl methyl sites for hydroxylation is 2. The van der Waals surface area contributed by atoms with Crippen LogP contribution in [-0.4, -0.2) is 46.1 Å². The van der Waals surface area contributed by atoms with Crippen molar-refractivity contribution in [1.82, 2.24) is 19.4 Å². The number of benzene rings is 1. The highest BCUT2D eigenvalue weighted by Crippen LogP contribution is 2.35. The number of aromatic nitrogens is 3. The van der Waals surface area contributed by atoms with Gasteiger partial charge in [-0.15, -0.1) is 0 Å². The van der Waals surface area contributed by atoms with E-state index < -0.39 is 10.0 Å². The van der Waals surface area contributed by atoms with Gasteiger partial charge in [0.05, 0.1) is 4.90 Å². The largest absolute Gasteiger partial charge is 0.348 e. The number of likely N-dealkylation sites (tertiary alicyclic amines) is 1. The molecule has 2 atom stereocenters. The van der Waals surface area contributed by atoms with Crippen LogP contribution in [0, 0.1) is 19.8 Å². The van der Waals surface area contributed by atoms with Crippen molar-refractivity contribution in [2.75, 3.05) is 23.1 Å². The number of nitrogens with zero attached hydrogens (tertiary/aromatic N) is 4. The van der Waals surface area contributed by atoms with Crippen LogP contribution in [0.15, 0.2) is 58.2 Å². The second kappa shape index (κ2) is 9.04. The predicted octanol–water partition coefficient (Wildman–Crippen LogP) is 2.87. The summed E-state index contributed by atoms with van der Waals surface area (Å²) in [5.74, 6) is 0.653. The number of thiocarbonyl (C=S) groups is 1. The van der Waals surface area contributed by atoms with Gasteiger partial charge in [-0.25, -0.2) is 23.1 Å². The summed E-state index contributed by atoms with van der Waals surface area (Å²) < 4.78 is 29.9. The zero-order chi connectivity index (χ0) is 24.7. The molecule has 0 amide bonds. The van der Waals surface area contributed by atoms with Crippen LogP contribution in [0.25, 0.3) is 0 Å². The summed E-state index contributed by atoms with van der Waals surface area (Å²) in [6.45, 7) is 5.77. The Labute approximate surface area is 209 Å². The van der Waals surface area contributed by atoms with Crippen molar-refractivity contribution >= 4 is 39.0 Å². The Morgan fingerprint density at radius 1 is 1.03 bits per heavy atom. The van der Waals surface area contributed by atoms with Crippen LogP contribution in [0.4, 0.5) is 11.6 Å². The van der Waals surface area contributed by atoms with E-state index >= 15 is 0 Å². The van der Waals surface area contributed by atoms with E-state index in [9.17, 15) is 13.2 Å². The third-order valence-electron chi connectivity index (χ3n) is 6.39. The molecule has 0 aliphatic carbocycles. The lowest BCUT2D eigenvalue weighted by atomic mass is 9.83. The van der Waals surface area contributed by atoms with Crippen LogP contribution < -0.4 is 15.6 Å². The van der Waals surface area contributed by atoms with E-state index in [4.69, 9.17) is 12.2 Å². The Kier molecular flexibility index (Phi) is 6.06. The smallest absolute Gasteiger partial charge is 0.264 e. The number of pyridine rings is 1. The molecule has 11 heteroatoms. The topological polar surface area (TPSA) is 109 Å². The Balaban J connectivity index is 1.26. The lowest BCUT2D eigenvalue weighted by molar-refractivity contribution is 0.180. The van der Waals surface area contributed by atoms with E-state index in [0.717, 1.165) is 25.2 Å². The fourth-order valence-electron chi connectivity index (χ4n) is 4.93. The molecule has 2 bridgehead atoms. The molecule has 182 valence electrons. The van der Waals surface area contributed by atoms with Gasteiger partial charge in [0.25, 0.3) is 15.6 Å². The van der Waals surface area contributed by atoms with Crippen molar-refractivity contribution in [1.29, 1.82) is 0 Å². The van der Waals surface area contributed by atoms with Gasteiger partial charge in [-0.05, 0) is 74.8 Å². The molecule has 0 saturated carbocycles. The van der Waals surface area contributed by atoms with Gasteiger partial charge >= 0.3 is 0 Å². The van der Waals surface area contributed by atoms with Crippen LogP contribution in [0.2, 0.25) is 0 Å². The van der Waals surface area contributed by atoms with Gasteiger partial charge in [0.15, 0.2) is 5.11 Å². The summed E-state index contributed by atoms with van der Waals surface area (Å²) in [4.78, 5) is 22.8. The van der Waals surface area contributed by atoms with Crippen LogP contribution >= 0.6 is 12.2 Å². The minimum Gasteiger partial charge on any atom is -0.348 e. The third-order valence-corrected chi connectivity index (χ3v) is 8.10. The summed E-state index contributed by atoms with van der Waals surface area (Å²) in [5.41, 5.74) is 3.18. The zero-order valence-electron chi connectivity index (χ0n) is 19.4. The first-order chi connectivity index (χ1) is 16.7. The number of rotatable bonds is 4. The normalized spacial score (nSPS) is 19.1. The maximum Gasteiger partial charge on any atom is 0.264 e. The first kappa shape index (κ1) is 23.4. The average molecular weight is 511 g/mol. The van der Waals surface area contributed by atoms with Gasteiger partial charge in [-0.1, -0.05) is 6.07 Å². The van der Waals surface area contributed by atoms with Gasteiger partial charge in [-0.2, -0.15) is 0 Å². The third kappa shape index (κ3) is 4.92. The maximum absolute atomic E-state index is 12.8. The molecule has 1 aromatic carbocycles. The molecule has 2 aromatic heterocycles. The Morgan fingerprint density at radius 2 is 1.74 bits per heavy atom. The predicted molar refractivity (Wildman–Crippen MR) is 138 cm³/mol. The Bertz CT molecular complexity index is 1430. The second-order valence-corrected chi connectivity index (χ2v) is 11.2. The molecule has 1 fully saturated rings. The number of piperidine rings is 1. The number of hydrogen-bond donors (Lipinski definition) is 2. The second-order valence-electron chi connectivity index (χ2n) is 9.14. The standard InChI is InChI=1S/C24H26N6O3S2/c1-15-10-16(2)26-23(25-15)28-35(32,33)20-8-6-19(7-9-20)27-24(34)29-12-17-11-18(14-29)21-4-3-5-22(31)30(21)13-17/h3-10,17-18H,11-14H2,1-2H3,(H,27,34)(H,25,26,28)/t17-,18?/m0/s1. The molecule has 2 aliphatic heterocycles. The Morgan fingerprint density at radius 3 is 2.46 bits per heavy atom. The van der Waals surface area contributed by atoms with Crippen molar-refractivity contribution in [3.63, 3.8) is 0 Å². The first-order valence-electron chi connectivity index (χ1n) is 11.4. The molecule has 5 rings (SSSR count). The van der Waals surface area contributed by atoms with E-state index in [1.807, 2.05) is 16.7 Å². The summed E-state index contributed by atoms with van der Waals surface area (Å²) in [6, 6.07) is 13.6. The van der Waals surface area contributed by atoms with E-state index in [1.165, 1.54) is 12.1 Å². The van der Waals surface area contributed by atoms with Crippen LogP contribution in [-0.2, 0) is 16.6 Å². The molecule has 3 aromatic rings. The van der Waals surface area contributed by atoms with Gasteiger partial charge in [0.1, 0.15) is 0 Å². The fourth-order valence-corrected chi connectivity index (χ4v) is 6.14. The molecule has 1 saturated heterocycles. The monoisotopic (exact) mass is 510 g/mol. The molecular formula is C24H26N6O3S2. The van der Waals surface area contributed by atoms with Gasteiger partial charge in [-0.3, -0.25) is 4.79 Å². The van der Waals surface area contributed by atoms with Crippen molar-refractivity contribution in [3.05, 3.63) is 76.0 Å². The summed E-state index contributed by atoms with van der Waals surface area (Å²) in [7, 11) is -3.83. The SMILES string of the molecule is Cc1cc(C)nc(NS(=O)(=O)c2ccc(NC(=S)N3CC4C[C@@H](C3)Cn3c4cccc3=O)cc2)n1. The lowest BCUT2D eigenvalue weighted by Crippen LogP contribution is -2.50. The molecule has 2 N–H and O–H groups in total. The van der Waals surface area contributed by atoms with E-state index in [1.54, 1.807) is 38.1 Å². The van der Waals surface area contributed by atoms with Crippen LogP contribution in [0.3, 0.4) is 0 Å². The minimum atomic E-state index is -3.83. The first-order valence-corrected chi connectivity index (χ1v) is 13.3. The van der Waals surface area contributed by atoms with Crippen molar-refractivity contribution in [2.45, 2.75) is 37.6 Å². The molecule has 35 heavy (non-hydrogen) atoms. The molecular weight excluding hydrogens is 484 g/mol.